The third kappa shape index (κ3) is 4.68. The predicted molar refractivity (Wildman–Crippen MR) is 151 cm³/mol. The van der Waals surface area contributed by atoms with Gasteiger partial charge in [0.2, 0.25) is 0 Å². The van der Waals surface area contributed by atoms with Crippen LogP contribution in [0.1, 0.15) is 37.6 Å². The highest BCUT2D eigenvalue weighted by Crippen LogP contribution is 2.33. The topological polar surface area (TPSA) is 127 Å². The number of phenols is 1. The van der Waals surface area contributed by atoms with E-state index >= 15 is 0 Å². The number of benzene rings is 1. The molecule has 4 aromatic rings. The SMILES string of the molecule is CC1=c2[nH]nc(-c3nc4c([nH]3)C(c3cc(O)cc(F)c3)=CC=CN4)c2=CC(c2cncc(NC(C)C)c2)=CN1. The number of pyridine rings is 1. The minimum Gasteiger partial charge on any atom is -0.508 e. The van der Waals surface area contributed by atoms with Crippen molar-refractivity contribution in [2.24, 2.45) is 0 Å². The van der Waals surface area contributed by atoms with E-state index < -0.39 is 5.82 Å². The Bertz CT molecular complexity index is 1790. The summed E-state index contributed by atoms with van der Waals surface area (Å²) in [6.45, 7) is 6.14. The third-order valence-electron chi connectivity index (χ3n) is 6.42. The first-order valence-corrected chi connectivity index (χ1v) is 12.6. The Hall–Kier alpha value is -5.12. The summed E-state index contributed by atoms with van der Waals surface area (Å²) in [5.74, 6) is 0.414. The maximum Gasteiger partial charge on any atom is 0.161 e. The van der Waals surface area contributed by atoms with Crippen molar-refractivity contribution in [1.29, 1.82) is 0 Å². The summed E-state index contributed by atoms with van der Waals surface area (Å²) in [4.78, 5) is 12.6. The van der Waals surface area contributed by atoms with Crippen molar-refractivity contribution in [2.75, 3.05) is 10.6 Å². The first-order valence-electron chi connectivity index (χ1n) is 12.6. The van der Waals surface area contributed by atoms with Gasteiger partial charge in [-0.2, -0.15) is 5.10 Å². The number of aromatic amines is 2. The van der Waals surface area contributed by atoms with Gasteiger partial charge in [0.15, 0.2) is 11.6 Å². The molecule has 0 saturated heterocycles. The van der Waals surface area contributed by atoms with E-state index in [0.29, 0.717) is 34.2 Å². The van der Waals surface area contributed by atoms with E-state index in [1.807, 2.05) is 25.4 Å². The quantitative estimate of drug-likeness (QED) is 0.236. The Balaban J connectivity index is 1.46. The van der Waals surface area contributed by atoms with Gasteiger partial charge in [0, 0.05) is 64.5 Å². The number of halogens is 1. The van der Waals surface area contributed by atoms with Crippen molar-refractivity contribution in [2.45, 2.75) is 26.8 Å². The largest absolute Gasteiger partial charge is 0.508 e. The van der Waals surface area contributed by atoms with Crippen LogP contribution in [0, 0.1) is 5.82 Å². The summed E-state index contributed by atoms with van der Waals surface area (Å²) >= 11 is 0. The zero-order valence-corrected chi connectivity index (χ0v) is 21.6. The van der Waals surface area contributed by atoms with E-state index in [0.717, 1.165) is 39.2 Å². The Morgan fingerprint density at radius 1 is 1.05 bits per heavy atom. The maximum atomic E-state index is 14.1. The number of fused-ring (bicyclic) bond motifs is 2. The number of H-pyrrole nitrogens is 2. The first-order chi connectivity index (χ1) is 18.9. The zero-order valence-electron chi connectivity index (χ0n) is 21.6. The highest BCUT2D eigenvalue weighted by atomic mass is 19.1. The fraction of sp³-hybridized carbons (Fsp3) is 0.138. The number of aromatic nitrogens is 5. The predicted octanol–water partition coefficient (Wildman–Crippen LogP) is 3.78. The van der Waals surface area contributed by atoms with Crippen molar-refractivity contribution in [3.63, 3.8) is 0 Å². The molecule has 1 aromatic carbocycles. The Morgan fingerprint density at radius 3 is 2.74 bits per heavy atom. The fourth-order valence-corrected chi connectivity index (χ4v) is 4.70. The molecule has 9 nitrogen and oxygen atoms in total. The molecule has 2 aliphatic rings. The highest BCUT2D eigenvalue weighted by Gasteiger charge is 2.21. The van der Waals surface area contributed by atoms with E-state index in [4.69, 9.17) is 4.98 Å². The molecule has 0 saturated carbocycles. The summed E-state index contributed by atoms with van der Waals surface area (Å²) in [7, 11) is 0. The molecule has 3 aromatic heterocycles. The summed E-state index contributed by atoms with van der Waals surface area (Å²) in [5.41, 5.74) is 6.19. The average Bonchev–Trinajstić information content (AvgIpc) is 3.39. The summed E-state index contributed by atoms with van der Waals surface area (Å²) in [6.07, 6.45) is 13.0. The van der Waals surface area contributed by atoms with Crippen LogP contribution >= 0.6 is 0 Å². The molecule has 0 fully saturated rings. The number of anilines is 2. The Labute approximate surface area is 223 Å². The van der Waals surface area contributed by atoms with Gasteiger partial charge in [-0.3, -0.25) is 10.1 Å². The number of hydrogen-bond donors (Lipinski definition) is 6. The first kappa shape index (κ1) is 24.2. The molecular weight excluding hydrogens is 495 g/mol. The number of phenolic OH excluding ortho intramolecular Hbond substituents is 1. The lowest BCUT2D eigenvalue weighted by Crippen LogP contribution is -2.28. The van der Waals surface area contributed by atoms with Crippen molar-refractivity contribution < 1.29 is 9.50 Å². The van der Waals surface area contributed by atoms with Crippen LogP contribution in [0.15, 0.2) is 61.2 Å². The summed E-state index contributed by atoms with van der Waals surface area (Å²) in [5, 5.41) is 29.4. The van der Waals surface area contributed by atoms with Crippen LogP contribution in [0.25, 0.3) is 34.4 Å². The van der Waals surface area contributed by atoms with Gasteiger partial charge in [0.25, 0.3) is 0 Å². The normalized spacial score (nSPS) is 14.2. The molecule has 6 rings (SSSR count). The van der Waals surface area contributed by atoms with Crippen LogP contribution in [0.5, 0.6) is 5.75 Å². The second kappa shape index (κ2) is 9.64. The number of imidazole rings is 1. The summed E-state index contributed by atoms with van der Waals surface area (Å²) in [6, 6.07) is 6.31. The van der Waals surface area contributed by atoms with E-state index in [2.05, 4.69) is 62.1 Å². The van der Waals surface area contributed by atoms with Gasteiger partial charge in [0.05, 0.1) is 16.7 Å². The molecular formula is C29H27FN8O. The fourth-order valence-electron chi connectivity index (χ4n) is 4.70. The van der Waals surface area contributed by atoms with Gasteiger partial charge in [-0.15, -0.1) is 0 Å². The lowest BCUT2D eigenvalue weighted by Gasteiger charge is -2.11. The molecule has 0 spiro atoms. The van der Waals surface area contributed by atoms with Gasteiger partial charge >= 0.3 is 0 Å². The molecule has 0 aliphatic carbocycles. The minimum absolute atomic E-state index is 0.152. The molecule has 2 aliphatic heterocycles. The van der Waals surface area contributed by atoms with Crippen molar-refractivity contribution in [1.82, 2.24) is 30.5 Å². The van der Waals surface area contributed by atoms with Crippen LogP contribution in [0.4, 0.5) is 15.9 Å². The van der Waals surface area contributed by atoms with Gasteiger partial charge in [-0.25, -0.2) is 9.37 Å². The van der Waals surface area contributed by atoms with Crippen molar-refractivity contribution >= 4 is 34.4 Å². The second-order valence-corrected chi connectivity index (χ2v) is 9.73. The second-order valence-electron chi connectivity index (χ2n) is 9.73. The smallest absolute Gasteiger partial charge is 0.161 e. The molecule has 10 heteroatoms. The molecule has 39 heavy (non-hydrogen) atoms. The molecule has 0 radical (unpaired) electrons. The molecule has 0 atom stereocenters. The highest BCUT2D eigenvalue weighted by molar-refractivity contribution is 5.91. The zero-order chi connectivity index (χ0) is 27.1. The monoisotopic (exact) mass is 522 g/mol. The molecule has 0 unspecified atom stereocenters. The van der Waals surface area contributed by atoms with Crippen LogP contribution < -0.4 is 26.5 Å². The number of aromatic hydroxyl groups is 1. The van der Waals surface area contributed by atoms with Crippen LogP contribution in [0.2, 0.25) is 0 Å². The van der Waals surface area contributed by atoms with E-state index in [1.54, 1.807) is 18.5 Å². The maximum absolute atomic E-state index is 14.1. The molecule has 6 N–H and O–H groups in total. The van der Waals surface area contributed by atoms with Crippen LogP contribution in [0.3, 0.4) is 0 Å². The lowest BCUT2D eigenvalue weighted by molar-refractivity contribution is 0.469. The molecule has 0 amide bonds. The third-order valence-corrected chi connectivity index (χ3v) is 6.42. The lowest BCUT2D eigenvalue weighted by atomic mass is 10.0. The summed E-state index contributed by atoms with van der Waals surface area (Å²) < 4.78 is 14.1. The number of allylic oxidation sites excluding steroid dienone is 3. The number of hydrogen-bond acceptors (Lipinski definition) is 7. The van der Waals surface area contributed by atoms with Gasteiger partial charge in [-0.1, -0.05) is 6.08 Å². The van der Waals surface area contributed by atoms with Gasteiger partial charge < -0.3 is 26.0 Å². The van der Waals surface area contributed by atoms with Crippen LogP contribution in [-0.2, 0) is 0 Å². The van der Waals surface area contributed by atoms with E-state index in [-0.39, 0.29) is 11.8 Å². The number of rotatable bonds is 5. The molecule has 196 valence electrons. The molecule has 5 heterocycles. The van der Waals surface area contributed by atoms with Crippen molar-refractivity contribution in [3.8, 4) is 17.3 Å². The Morgan fingerprint density at radius 2 is 1.92 bits per heavy atom. The average molecular weight is 523 g/mol. The van der Waals surface area contributed by atoms with E-state index in [9.17, 15) is 9.50 Å². The van der Waals surface area contributed by atoms with Gasteiger partial charge in [-0.05, 0) is 56.7 Å². The van der Waals surface area contributed by atoms with Crippen molar-refractivity contribution in [3.05, 3.63) is 94.4 Å². The Kier molecular flexibility index (Phi) is 5.99. The van der Waals surface area contributed by atoms with Gasteiger partial charge in [0.1, 0.15) is 17.3 Å². The van der Waals surface area contributed by atoms with E-state index in [1.165, 1.54) is 12.1 Å². The minimum atomic E-state index is -0.527. The number of nitrogens with one attached hydrogen (secondary N) is 5. The standard InChI is InChI=1S/C29H27FN8O/c1-15(2)34-21-8-18(12-31-14-21)19-10-24-25(16(3)33-13-19)37-38-27(24)29-35-26-23(5-4-6-32-28(26)36-29)17-7-20(30)11-22(39)9-17/h4-15,32-34,37,39H,1-3H3,(H,35,36). The molecule has 0 bridgehead atoms. The number of nitrogens with zero attached hydrogens (tertiary/aromatic N) is 3. The van der Waals surface area contributed by atoms with Crippen LogP contribution in [-0.4, -0.2) is 36.3 Å².